The summed E-state index contributed by atoms with van der Waals surface area (Å²) in [7, 11) is 0. The summed E-state index contributed by atoms with van der Waals surface area (Å²) in [6.45, 7) is 3.81. The molecule has 1 aromatic heterocycles. The van der Waals surface area contributed by atoms with Gasteiger partial charge >= 0.3 is 11.8 Å². The van der Waals surface area contributed by atoms with Crippen LogP contribution in [0.1, 0.15) is 42.3 Å². The Balaban J connectivity index is 2.03. The van der Waals surface area contributed by atoms with Crippen molar-refractivity contribution in [3.8, 4) is 0 Å². The molecule has 0 saturated carbocycles. The van der Waals surface area contributed by atoms with Gasteiger partial charge in [-0.25, -0.2) is 0 Å². The van der Waals surface area contributed by atoms with Crippen LogP contribution >= 0.6 is 0 Å². The highest BCUT2D eigenvalue weighted by atomic mass is 16.5. The van der Waals surface area contributed by atoms with Crippen LogP contribution in [0.5, 0.6) is 0 Å². The van der Waals surface area contributed by atoms with Crippen LogP contribution in [0.15, 0.2) is 4.42 Å². The van der Waals surface area contributed by atoms with Gasteiger partial charge in [0.2, 0.25) is 5.89 Å². The minimum Gasteiger partial charge on any atom is -0.417 e. The van der Waals surface area contributed by atoms with Crippen molar-refractivity contribution in [2.75, 3.05) is 19.8 Å². The lowest BCUT2D eigenvalue weighted by Gasteiger charge is -2.18. The van der Waals surface area contributed by atoms with Gasteiger partial charge in [-0.05, 0) is 19.8 Å². The molecule has 0 atom stereocenters. The third-order valence-electron chi connectivity index (χ3n) is 2.54. The number of carbonyl (C=O) groups excluding carboxylic acids is 1. The Morgan fingerprint density at radius 2 is 2.19 bits per heavy atom. The monoisotopic (exact) mass is 225 g/mol. The van der Waals surface area contributed by atoms with Crippen molar-refractivity contribution < 1.29 is 13.9 Å². The number of nitrogens with one attached hydrogen (secondary N) is 1. The van der Waals surface area contributed by atoms with E-state index in [0.29, 0.717) is 25.6 Å². The summed E-state index contributed by atoms with van der Waals surface area (Å²) in [5.41, 5.74) is 0. The molecule has 1 saturated heterocycles. The molecule has 0 unspecified atom stereocenters. The highest BCUT2D eigenvalue weighted by Crippen LogP contribution is 2.25. The standard InChI is InChI=1S/C10H15N3O3/c1-2-11-8(14)10-13-12-9(16-10)7-3-5-15-6-4-7/h7H,2-6H2,1H3,(H,11,14). The maximum absolute atomic E-state index is 11.4. The van der Waals surface area contributed by atoms with Gasteiger partial charge in [0, 0.05) is 25.7 Å². The molecule has 1 N–H and O–H groups in total. The van der Waals surface area contributed by atoms with Crippen LogP contribution in [-0.4, -0.2) is 35.9 Å². The molecule has 1 fully saturated rings. The first-order valence-electron chi connectivity index (χ1n) is 5.50. The average Bonchev–Trinajstić information content (AvgIpc) is 2.80. The second-order valence-corrected chi connectivity index (χ2v) is 3.69. The van der Waals surface area contributed by atoms with Crippen LogP contribution in [0, 0.1) is 0 Å². The molecule has 0 radical (unpaired) electrons. The van der Waals surface area contributed by atoms with Crippen molar-refractivity contribution in [3.63, 3.8) is 0 Å². The van der Waals surface area contributed by atoms with E-state index < -0.39 is 0 Å². The van der Waals surface area contributed by atoms with E-state index in [2.05, 4.69) is 15.5 Å². The average molecular weight is 225 g/mol. The summed E-state index contributed by atoms with van der Waals surface area (Å²) in [6.07, 6.45) is 1.74. The van der Waals surface area contributed by atoms with Gasteiger partial charge < -0.3 is 14.5 Å². The van der Waals surface area contributed by atoms with E-state index in [1.54, 1.807) is 0 Å². The third kappa shape index (κ3) is 2.38. The fourth-order valence-corrected chi connectivity index (χ4v) is 1.67. The van der Waals surface area contributed by atoms with Crippen LogP contribution in [-0.2, 0) is 4.74 Å². The molecule has 0 aromatic carbocycles. The fourth-order valence-electron chi connectivity index (χ4n) is 1.67. The number of aromatic nitrogens is 2. The Labute approximate surface area is 93.4 Å². The molecule has 1 amide bonds. The van der Waals surface area contributed by atoms with Crippen molar-refractivity contribution in [1.82, 2.24) is 15.5 Å². The molecule has 0 aliphatic carbocycles. The summed E-state index contributed by atoms with van der Waals surface area (Å²) < 4.78 is 10.6. The van der Waals surface area contributed by atoms with Crippen LogP contribution < -0.4 is 5.32 Å². The Kier molecular flexibility index (Phi) is 3.51. The topological polar surface area (TPSA) is 77.2 Å². The number of hydrogen-bond acceptors (Lipinski definition) is 5. The van der Waals surface area contributed by atoms with Gasteiger partial charge in [-0.2, -0.15) is 0 Å². The molecule has 6 heteroatoms. The zero-order valence-electron chi connectivity index (χ0n) is 9.23. The number of nitrogens with zero attached hydrogens (tertiary/aromatic N) is 2. The second-order valence-electron chi connectivity index (χ2n) is 3.69. The summed E-state index contributed by atoms with van der Waals surface area (Å²) in [4.78, 5) is 11.4. The lowest BCUT2D eigenvalue weighted by molar-refractivity contribution is 0.0782. The van der Waals surface area contributed by atoms with E-state index in [9.17, 15) is 4.79 Å². The van der Waals surface area contributed by atoms with Gasteiger partial charge in [-0.15, -0.1) is 10.2 Å². The van der Waals surface area contributed by atoms with Crippen LogP contribution in [0.25, 0.3) is 0 Å². The Morgan fingerprint density at radius 1 is 1.44 bits per heavy atom. The summed E-state index contributed by atoms with van der Waals surface area (Å²) in [5, 5.41) is 10.3. The van der Waals surface area contributed by atoms with Crippen molar-refractivity contribution >= 4 is 5.91 Å². The fraction of sp³-hybridized carbons (Fsp3) is 0.700. The first-order chi connectivity index (χ1) is 7.81. The predicted octanol–water partition coefficient (Wildman–Crippen LogP) is 0.713. The maximum atomic E-state index is 11.4. The van der Waals surface area contributed by atoms with E-state index in [1.807, 2.05) is 6.92 Å². The minimum atomic E-state index is -0.312. The van der Waals surface area contributed by atoms with E-state index in [-0.39, 0.29) is 17.7 Å². The molecular weight excluding hydrogens is 210 g/mol. The molecule has 0 spiro atoms. The molecule has 1 aliphatic heterocycles. The van der Waals surface area contributed by atoms with E-state index >= 15 is 0 Å². The Morgan fingerprint density at radius 3 is 2.88 bits per heavy atom. The first kappa shape index (κ1) is 11.1. The zero-order chi connectivity index (χ0) is 11.4. The van der Waals surface area contributed by atoms with Gasteiger partial charge in [0.1, 0.15) is 0 Å². The van der Waals surface area contributed by atoms with Gasteiger partial charge in [-0.1, -0.05) is 0 Å². The molecule has 88 valence electrons. The Hall–Kier alpha value is -1.43. The summed E-state index contributed by atoms with van der Waals surface area (Å²) in [5.74, 6) is 0.505. The van der Waals surface area contributed by atoms with Crippen LogP contribution in [0.3, 0.4) is 0 Å². The quantitative estimate of drug-likeness (QED) is 0.819. The number of rotatable bonds is 3. The number of amides is 1. The lowest BCUT2D eigenvalue weighted by Crippen LogP contribution is -2.22. The van der Waals surface area contributed by atoms with Crippen molar-refractivity contribution in [1.29, 1.82) is 0 Å². The van der Waals surface area contributed by atoms with Gasteiger partial charge in [0.15, 0.2) is 0 Å². The number of ether oxygens (including phenoxy) is 1. The maximum Gasteiger partial charge on any atom is 0.308 e. The molecule has 2 rings (SSSR count). The second kappa shape index (κ2) is 5.07. The van der Waals surface area contributed by atoms with Gasteiger partial charge in [0.05, 0.1) is 0 Å². The molecule has 1 aliphatic rings. The van der Waals surface area contributed by atoms with Crippen LogP contribution in [0.4, 0.5) is 0 Å². The number of carbonyl (C=O) groups is 1. The van der Waals surface area contributed by atoms with E-state index in [4.69, 9.17) is 9.15 Å². The normalized spacial score (nSPS) is 17.3. The highest BCUT2D eigenvalue weighted by Gasteiger charge is 2.23. The summed E-state index contributed by atoms with van der Waals surface area (Å²) in [6, 6.07) is 0. The largest absolute Gasteiger partial charge is 0.417 e. The smallest absolute Gasteiger partial charge is 0.308 e. The molecule has 2 heterocycles. The predicted molar refractivity (Wildman–Crippen MR) is 55.1 cm³/mol. The Bertz CT molecular complexity index is 358. The van der Waals surface area contributed by atoms with Gasteiger partial charge in [0.25, 0.3) is 0 Å². The molecule has 16 heavy (non-hydrogen) atoms. The van der Waals surface area contributed by atoms with Gasteiger partial charge in [-0.3, -0.25) is 4.79 Å². The molecular formula is C10H15N3O3. The number of hydrogen-bond donors (Lipinski definition) is 1. The molecule has 1 aromatic rings. The van der Waals surface area contributed by atoms with E-state index in [1.165, 1.54) is 0 Å². The van der Waals surface area contributed by atoms with E-state index in [0.717, 1.165) is 12.8 Å². The summed E-state index contributed by atoms with van der Waals surface area (Å²) >= 11 is 0. The van der Waals surface area contributed by atoms with Crippen molar-refractivity contribution in [3.05, 3.63) is 11.8 Å². The SMILES string of the molecule is CCNC(=O)c1nnc(C2CCOCC2)o1. The molecule has 0 bridgehead atoms. The van der Waals surface area contributed by atoms with Crippen LogP contribution in [0.2, 0.25) is 0 Å². The van der Waals surface area contributed by atoms with Crippen molar-refractivity contribution in [2.24, 2.45) is 0 Å². The zero-order valence-corrected chi connectivity index (χ0v) is 9.23. The first-order valence-corrected chi connectivity index (χ1v) is 5.50. The molecule has 6 nitrogen and oxygen atoms in total. The highest BCUT2D eigenvalue weighted by molar-refractivity contribution is 5.89. The third-order valence-corrected chi connectivity index (χ3v) is 2.54. The minimum absolute atomic E-state index is 0.0448. The van der Waals surface area contributed by atoms with Crippen molar-refractivity contribution in [2.45, 2.75) is 25.7 Å². The lowest BCUT2D eigenvalue weighted by atomic mass is 10.0.